The molecule has 0 saturated carbocycles. The molecule has 21 fully saturated rings. The Morgan fingerprint density at radius 1 is 0.350 bits per heavy atom. The maximum Gasteiger partial charge on any atom is 0.321 e. The van der Waals surface area contributed by atoms with Crippen molar-refractivity contribution in [1.82, 2.24) is 5.32 Å². The lowest BCUT2D eigenvalue weighted by Crippen LogP contribution is -2.68. The zero-order chi connectivity index (χ0) is 75.4. The Hall–Kier alpha value is -2.46. The summed E-state index contributed by atoms with van der Waals surface area (Å²) < 4.78 is 93.3. The summed E-state index contributed by atoms with van der Waals surface area (Å²) in [6.07, 6.45) is -73.1. The number of hydrogen-bond donors (Lipinski definition) is 22. The monoisotopic (exact) mass is 1540 g/mol. The van der Waals surface area contributed by atoms with Gasteiger partial charge in [-0.1, -0.05) is 0 Å². The van der Waals surface area contributed by atoms with Crippen molar-refractivity contribution in [2.75, 3.05) is 89.5 Å². The molecule has 14 unspecified atom stereocenters. The second-order valence-electron chi connectivity index (χ2n) is 25.7. The zero-order valence-electron chi connectivity index (χ0n) is 55.5. The number of aliphatic hydroxyl groups excluding tert-OH is 19. The molecule has 0 radical (unpaired) electrons. The van der Waals surface area contributed by atoms with Gasteiger partial charge in [-0.25, -0.2) is 0 Å². The molecule has 22 N–H and O–H groups in total. The smallest absolute Gasteiger partial charge is 0.321 e. The first kappa shape index (κ1) is 86.1. The Bertz CT molecular complexity index is 2610. The zero-order valence-corrected chi connectivity index (χ0v) is 57.2. The molecule has 21 saturated heterocycles. The highest BCUT2D eigenvalue weighted by molar-refractivity contribution is 7.99. The van der Waals surface area contributed by atoms with Gasteiger partial charge in [-0.15, -0.1) is 0 Å². The second-order valence-corrected chi connectivity index (χ2v) is 27.9. The number of rotatable bonds is 27. The Kier molecular flexibility index (Phi) is 33.4. The Morgan fingerprint density at radius 2 is 0.602 bits per heavy atom. The summed E-state index contributed by atoms with van der Waals surface area (Å²) in [5, 5.41) is 239. The molecule has 44 heteroatoms. The first-order valence-electron chi connectivity index (χ1n) is 33.2. The molecule has 14 bridgehead atoms. The number of ketones is 2. The second kappa shape index (κ2) is 40.0. The van der Waals surface area contributed by atoms with Crippen molar-refractivity contribution < 1.29 is 202 Å². The van der Waals surface area contributed by atoms with Crippen LogP contribution < -0.4 is 5.32 Å². The number of carboxylic acids is 2. The number of hydrogen-bond acceptors (Lipinski definition) is 42. The molecule has 103 heavy (non-hydrogen) atoms. The molecule has 42 nitrogen and oxygen atoms in total. The number of carbonyl (C=O) groups is 4. The molecule has 21 aliphatic rings. The van der Waals surface area contributed by atoms with Gasteiger partial charge in [-0.3, -0.25) is 19.2 Å². The molecular weight excluding hydrogens is 1440 g/mol. The minimum absolute atomic E-state index is 0.0645. The molecule has 0 amide bonds. The molecule has 596 valence electrons. The van der Waals surface area contributed by atoms with E-state index in [-0.39, 0.29) is 62.3 Å². The van der Waals surface area contributed by atoms with Crippen molar-refractivity contribution in [2.24, 2.45) is 5.92 Å². The molecular formula is C59H97NO41S2. The average Bonchev–Trinajstić information content (AvgIpc) is 0.785. The summed E-state index contributed by atoms with van der Waals surface area (Å²) in [6.45, 7) is -3.91. The van der Waals surface area contributed by atoms with E-state index in [1.54, 1.807) is 0 Å². The summed E-state index contributed by atoms with van der Waals surface area (Å²) >= 11 is 1.66. The molecule has 0 aromatic rings. The summed E-state index contributed by atoms with van der Waals surface area (Å²) in [6, 6.07) is -1.18. The minimum Gasteiger partial charge on any atom is -0.481 e. The summed E-state index contributed by atoms with van der Waals surface area (Å²) in [4.78, 5) is 48.7. The number of Topliss-reactive ketones (excluding diaryl/α,β-unsaturated/α-hetero) is 2. The van der Waals surface area contributed by atoms with Crippen molar-refractivity contribution >= 4 is 47.0 Å². The molecule has 37 atom stereocenters. The molecule has 0 aromatic heterocycles. The maximum atomic E-state index is 13.0. The number of carboxylic acid groups (broad SMARTS) is 2. The topological polar surface area (TPSA) is 653 Å². The van der Waals surface area contributed by atoms with Gasteiger partial charge in [0.05, 0.1) is 77.6 Å². The van der Waals surface area contributed by atoms with Crippen LogP contribution in [0.2, 0.25) is 0 Å². The first-order valence-corrected chi connectivity index (χ1v) is 35.5. The van der Waals surface area contributed by atoms with Gasteiger partial charge < -0.3 is 188 Å². The number of ether oxygens (including phenoxy) is 16. The van der Waals surface area contributed by atoms with Gasteiger partial charge in [0.2, 0.25) is 0 Å². The third kappa shape index (κ3) is 21.0. The third-order valence-electron chi connectivity index (χ3n) is 18.6. The summed E-state index contributed by atoms with van der Waals surface area (Å²) in [7, 11) is 1.35. The van der Waals surface area contributed by atoms with Gasteiger partial charge in [-0.2, -0.15) is 23.5 Å². The fourth-order valence-electron chi connectivity index (χ4n) is 12.6. The lowest BCUT2D eigenvalue weighted by atomic mass is 9.95. The third-order valence-corrected chi connectivity index (χ3v) is 20.9. The average molecular weight is 1540 g/mol. The maximum absolute atomic E-state index is 13.0. The first-order chi connectivity index (χ1) is 49.0. The largest absolute Gasteiger partial charge is 0.481 e. The van der Waals surface area contributed by atoms with Crippen LogP contribution >= 0.6 is 23.5 Å². The van der Waals surface area contributed by atoms with E-state index in [2.05, 4.69) is 5.32 Å². The van der Waals surface area contributed by atoms with Crippen molar-refractivity contribution in [1.29, 1.82) is 0 Å². The van der Waals surface area contributed by atoms with E-state index in [4.69, 9.17) is 75.8 Å². The van der Waals surface area contributed by atoms with Crippen LogP contribution in [0.4, 0.5) is 0 Å². The van der Waals surface area contributed by atoms with Gasteiger partial charge in [0.25, 0.3) is 0 Å². The fourth-order valence-corrected chi connectivity index (χ4v) is 15.0. The van der Waals surface area contributed by atoms with Crippen LogP contribution in [0.15, 0.2) is 0 Å². The van der Waals surface area contributed by atoms with E-state index in [1.165, 1.54) is 14.0 Å². The normalized spacial score (nSPS) is 44.9. The molecule has 0 aromatic carbocycles. The molecule has 0 aliphatic carbocycles. The lowest BCUT2D eigenvalue weighted by Gasteiger charge is -2.50. The van der Waals surface area contributed by atoms with Crippen LogP contribution in [0.3, 0.4) is 0 Å². The van der Waals surface area contributed by atoms with Crippen molar-refractivity contribution in [3.8, 4) is 0 Å². The van der Waals surface area contributed by atoms with Gasteiger partial charge in [-0.05, 0) is 14.0 Å². The van der Waals surface area contributed by atoms with E-state index in [9.17, 15) is 126 Å². The number of aliphatic carboxylic acids is 2. The summed E-state index contributed by atoms with van der Waals surface area (Å²) in [5.41, 5.74) is 0. The Morgan fingerprint density at radius 3 is 0.845 bits per heavy atom. The summed E-state index contributed by atoms with van der Waals surface area (Å²) in [5.74, 6) is -6.08. The van der Waals surface area contributed by atoms with Crippen LogP contribution in [0.5, 0.6) is 0 Å². The van der Waals surface area contributed by atoms with E-state index in [0.717, 1.165) is 23.5 Å². The molecule has 0 spiro atoms. The Labute approximate surface area is 595 Å². The highest BCUT2D eigenvalue weighted by Crippen LogP contribution is 2.40. The van der Waals surface area contributed by atoms with E-state index >= 15 is 0 Å². The van der Waals surface area contributed by atoms with Crippen molar-refractivity contribution in [3.63, 3.8) is 0 Å². The lowest BCUT2D eigenvalue weighted by molar-refractivity contribution is -0.395. The number of likely N-dealkylation sites (N-methyl/N-ethyl adjacent to an activating group) is 1. The molecule has 21 aliphatic heterocycles. The minimum atomic E-state index is -2.31. The van der Waals surface area contributed by atoms with Gasteiger partial charge in [0.1, 0.15) is 176 Å². The van der Waals surface area contributed by atoms with Gasteiger partial charge in [0, 0.05) is 42.3 Å². The predicted octanol–water partition coefficient (Wildman–Crippen LogP) is -13.0. The van der Waals surface area contributed by atoms with Crippen LogP contribution in [0.25, 0.3) is 0 Å². The van der Waals surface area contributed by atoms with Crippen molar-refractivity contribution in [3.05, 3.63) is 0 Å². The van der Waals surface area contributed by atoms with Gasteiger partial charge in [0.15, 0.2) is 44.0 Å². The van der Waals surface area contributed by atoms with Crippen molar-refractivity contribution in [2.45, 2.75) is 247 Å². The van der Waals surface area contributed by atoms with E-state index in [1.807, 2.05) is 0 Å². The van der Waals surface area contributed by atoms with Gasteiger partial charge >= 0.3 is 11.9 Å². The van der Waals surface area contributed by atoms with Crippen LogP contribution in [0, 0.1) is 5.92 Å². The standard InChI is InChI=1S/C59H97NO41S2/c1-19(66)3-5-86-7-8-87-6-4-21(67)9-20(51(82)83)15-102-17-28-49-35(73)42(80)58(93-28)98-47-26(13-64)89-55(38(76)31(47)69)97-46-25(12-63)92-57(41(79)34(46)72)101-50-29(18-103-16-22(60-2)52(84)85)94-59(43(81)36(50)74)99-48-27(14-65)90-54(39(77)32(48)70)95-44-23(10-61)88-53(37(75)30(44)68)96-45-24(11-62)91-56(100-49)40(78)33(45)71/h20,22-50,53-65,68-81H,3-18H2,1-2H3,(H,82,83)(H,84,85)/t20-,22-,23?,24?,25?,26?,27?,28?,29?,30-,31-,32-,33-,34-,35-,36-,37?,38?,39+,40?,41?,42?,43+,44-,45-,46-,47-,48-,49-,50-,53-,54?,55+,56+,57+,58+,59?/m1/s1. The highest BCUT2D eigenvalue weighted by atomic mass is 32.2. The quantitative estimate of drug-likeness (QED) is 0.0340. The van der Waals surface area contributed by atoms with E-state index < -0.39 is 290 Å². The fraction of sp³-hybridized carbons (Fsp3) is 0.932. The van der Waals surface area contributed by atoms with E-state index in [0.29, 0.717) is 0 Å². The predicted molar refractivity (Wildman–Crippen MR) is 332 cm³/mol. The SMILES string of the molecule is CN[C@H](CSCC1OC2O[C@@H]3C(CO)OC(O[C@@H]4C(CO)O[C@H](O[C@@H]5C(CO)O[C@@H](O[C@@H]6C(CSC[C@@H](CC(=O)CCOCCOCCC(C)=O)C(=O)O)O[C@@H](O[C@@H]7C(CO)O[C@@H](O[C@@H]8C(CO)O[C@@H](O[C@H]1[C@H](O)[C@@H]2O)C(O)[C@H]8O)C(O)[C@H]7O)C(O)[C@H]6O)C(O)[C@H]5O)C(O)[C@H]4O)[C@@H](O)[C@H]3O)C(=O)O. The number of thioether (sulfide) groups is 2. The number of nitrogens with one attached hydrogen (secondary N) is 1. The number of carbonyl (C=O) groups excluding carboxylic acids is 2. The van der Waals surface area contributed by atoms with Crippen LogP contribution in [-0.2, 0) is 95.0 Å². The molecule has 21 rings (SSSR count). The van der Waals surface area contributed by atoms with Crippen LogP contribution in [-0.4, -0.2) is 441 Å². The number of aliphatic hydroxyl groups is 19. The molecule has 21 heterocycles. The Balaban J connectivity index is 1.08. The highest BCUT2D eigenvalue weighted by Gasteiger charge is 2.60. The van der Waals surface area contributed by atoms with Crippen LogP contribution in [0.1, 0.15) is 26.2 Å².